The molecule has 10 heteroatoms. The topological polar surface area (TPSA) is 83.3 Å². The number of hydrogen-bond acceptors (Lipinski definition) is 5. The van der Waals surface area contributed by atoms with Crippen LogP contribution >= 0.6 is 35.3 Å². The summed E-state index contributed by atoms with van der Waals surface area (Å²) in [7, 11) is 3.34. The third kappa shape index (κ3) is 4.81. The summed E-state index contributed by atoms with van der Waals surface area (Å²) < 4.78 is 7.26. The molecule has 154 valence electrons. The minimum Gasteiger partial charge on any atom is -0.497 e. The molecule has 2 N–H and O–H groups in total. The zero-order chi connectivity index (χ0) is 19.5. The van der Waals surface area contributed by atoms with Gasteiger partial charge in [0.2, 0.25) is 5.91 Å². The van der Waals surface area contributed by atoms with Crippen molar-refractivity contribution < 1.29 is 9.53 Å². The highest BCUT2D eigenvalue weighted by Gasteiger charge is 2.31. The van der Waals surface area contributed by atoms with Gasteiger partial charge < -0.3 is 20.3 Å². The number of guanidine groups is 1. The van der Waals surface area contributed by atoms with Crippen LogP contribution in [0.1, 0.15) is 12.1 Å². The number of ether oxygens (including phenoxy) is 1. The predicted octanol–water partition coefficient (Wildman–Crippen LogP) is 2.49. The minimum atomic E-state index is -0.0182. The third-order valence-electron chi connectivity index (χ3n) is 4.63. The van der Waals surface area contributed by atoms with Crippen LogP contribution in [0, 0.1) is 0 Å². The first-order valence-corrected chi connectivity index (χ1v) is 9.87. The van der Waals surface area contributed by atoms with Crippen LogP contribution in [0.25, 0.3) is 4.96 Å². The van der Waals surface area contributed by atoms with Gasteiger partial charge in [-0.15, -0.1) is 35.3 Å². The van der Waals surface area contributed by atoms with Crippen LogP contribution in [-0.4, -0.2) is 48.0 Å². The summed E-state index contributed by atoms with van der Waals surface area (Å²) in [4.78, 5) is 24.0. The van der Waals surface area contributed by atoms with Crippen LogP contribution < -0.4 is 20.3 Å². The van der Waals surface area contributed by atoms with Crippen molar-refractivity contribution in [2.75, 3.05) is 25.6 Å². The highest BCUT2D eigenvalue weighted by atomic mass is 127. The molecule has 1 amide bonds. The van der Waals surface area contributed by atoms with Crippen LogP contribution in [-0.2, 0) is 11.3 Å². The van der Waals surface area contributed by atoms with Gasteiger partial charge in [-0.25, -0.2) is 4.98 Å². The summed E-state index contributed by atoms with van der Waals surface area (Å²) in [6.07, 6.45) is 4.40. The Balaban J connectivity index is 0.00000240. The number of carbonyl (C=O) groups excluding carboxylic acids is 1. The fourth-order valence-corrected chi connectivity index (χ4v) is 3.97. The summed E-state index contributed by atoms with van der Waals surface area (Å²) in [5.74, 6) is 1.47. The van der Waals surface area contributed by atoms with E-state index in [2.05, 4.69) is 20.6 Å². The second-order valence-corrected chi connectivity index (χ2v) is 7.38. The van der Waals surface area contributed by atoms with E-state index in [9.17, 15) is 4.79 Å². The van der Waals surface area contributed by atoms with Crippen molar-refractivity contribution in [1.82, 2.24) is 20.0 Å². The van der Waals surface area contributed by atoms with Crippen LogP contribution in [0.4, 0.5) is 5.69 Å². The molecule has 3 aromatic rings. The lowest BCUT2D eigenvalue weighted by Gasteiger charge is -2.19. The molecule has 0 bridgehead atoms. The fraction of sp³-hybridized carbons (Fsp3) is 0.316. The summed E-state index contributed by atoms with van der Waals surface area (Å²) >= 11 is 1.60. The number of imidazole rings is 1. The number of fused-ring (bicyclic) bond motifs is 1. The van der Waals surface area contributed by atoms with Gasteiger partial charge in [-0.2, -0.15) is 0 Å². The van der Waals surface area contributed by atoms with E-state index in [0.717, 1.165) is 22.1 Å². The molecular weight excluding hydrogens is 503 g/mol. The van der Waals surface area contributed by atoms with Crippen molar-refractivity contribution in [2.24, 2.45) is 4.99 Å². The molecule has 2 aromatic heterocycles. The number of anilines is 1. The van der Waals surface area contributed by atoms with Gasteiger partial charge in [0.1, 0.15) is 5.75 Å². The number of amides is 1. The monoisotopic (exact) mass is 526 g/mol. The van der Waals surface area contributed by atoms with Crippen LogP contribution in [0.3, 0.4) is 0 Å². The van der Waals surface area contributed by atoms with Crippen molar-refractivity contribution in [1.29, 1.82) is 0 Å². The number of aromatic nitrogens is 2. The Hall–Kier alpha value is -2.34. The summed E-state index contributed by atoms with van der Waals surface area (Å²) in [5.41, 5.74) is 1.78. The Labute approximate surface area is 190 Å². The Morgan fingerprint density at radius 1 is 1.45 bits per heavy atom. The zero-order valence-corrected chi connectivity index (χ0v) is 19.3. The SMILES string of the molecule is CN=C(NCc1cn2ccsc2n1)NC1CC(=O)N(c2cccc(OC)c2)C1.I. The van der Waals surface area contributed by atoms with E-state index in [4.69, 9.17) is 4.74 Å². The van der Waals surface area contributed by atoms with E-state index in [1.54, 1.807) is 30.4 Å². The van der Waals surface area contributed by atoms with E-state index >= 15 is 0 Å². The van der Waals surface area contributed by atoms with Crippen molar-refractivity contribution in [3.05, 3.63) is 47.7 Å². The number of aliphatic imine (C=N–C) groups is 1. The largest absolute Gasteiger partial charge is 0.497 e. The van der Waals surface area contributed by atoms with Crippen molar-refractivity contribution in [3.63, 3.8) is 0 Å². The fourth-order valence-electron chi connectivity index (χ4n) is 3.26. The maximum atomic E-state index is 12.5. The first kappa shape index (κ1) is 21.4. The van der Waals surface area contributed by atoms with E-state index in [0.29, 0.717) is 25.5 Å². The molecular formula is C19H23IN6O2S. The molecule has 0 radical (unpaired) electrons. The van der Waals surface area contributed by atoms with Crippen LogP contribution in [0.2, 0.25) is 0 Å². The van der Waals surface area contributed by atoms with E-state index < -0.39 is 0 Å². The molecule has 1 saturated heterocycles. The van der Waals surface area contributed by atoms with Crippen LogP contribution in [0.5, 0.6) is 5.75 Å². The van der Waals surface area contributed by atoms with Gasteiger partial charge in [0.05, 0.1) is 25.4 Å². The molecule has 1 fully saturated rings. The first-order chi connectivity index (χ1) is 13.7. The molecule has 0 saturated carbocycles. The highest BCUT2D eigenvalue weighted by molar-refractivity contribution is 14.0. The van der Waals surface area contributed by atoms with E-state index in [-0.39, 0.29) is 35.9 Å². The number of carbonyl (C=O) groups is 1. The lowest BCUT2D eigenvalue weighted by Crippen LogP contribution is -2.44. The number of halogens is 1. The molecule has 1 atom stereocenters. The Kier molecular flexibility index (Phi) is 6.96. The van der Waals surface area contributed by atoms with Gasteiger partial charge >= 0.3 is 0 Å². The minimum absolute atomic E-state index is 0. The second kappa shape index (κ2) is 9.44. The van der Waals surface area contributed by atoms with Crippen molar-refractivity contribution in [3.8, 4) is 5.75 Å². The molecule has 1 aliphatic rings. The van der Waals surface area contributed by atoms with Crippen molar-refractivity contribution >= 4 is 57.8 Å². The average molecular weight is 526 g/mol. The number of rotatable bonds is 5. The quantitative estimate of drug-likeness (QED) is 0.304. The van der Waals surface area contributed by atoms with Gasteiger partial charge in [-0.3, -0.25) is 14.2 Å². The smallest absolute Gasteiger partial charge is 0.229 e. The molecule has 0 spiro atoms. The lowest BCUT2D eigenvalue weighted by molar-refractivity contribution is -0.117. The van der Waals surface area contributed by atoms with Crippen molar-refractivity contribution in [2.45, 2.75) is 19.0 Å². The number of hydrogen-bond donors (Lipinski definition) is 2. The Morgan fingerprint density at radius 2 is 2.31 bits per heavy atom. The van der Waals surface area contributed by atoms with Gasteiger partial charge in [-0.1, -0.05) is 6.07 Å². The molecule has 3 heterocycles. The number of methoxy groups -OCH3 is 1. The molecule has 0 aliphatic carbocycles. The maximum Gasteiger partial charge on any atom is 0.229 e. The van der Waals surface area contributed by atoms with Gasteiger partial charge in [0, 0.05) is 49.5 Å². The van der Waals surface area contributed by atoms with Gasteiger partial charge in [-0.05, 0) is 12.1 Å². The number of thiazole rings is 1. The lowest BCUT2D eigenvalue weighted by atomic mass is 10.2. The average Bonchev–Trinajstić information content (AvgIpc) is 3.39. The summed E-state index contributed by atoms with van der Waals surface area (Å²) in [6, 6.07) is 7.53. The molecule has 1 aliphatic heterocycles. The normalized spacial score (nSPS) is 16.8. The summed E-state index contributed by atoms with van der Waals surface area (Å²) in [6.45, 7) is 1.14. The molecule has 1 aromatic carbocycles. The zero-order valence-electron chi connectivity index (χ0n) is 16.2. The number of nitrogens with one attached hydrogen (secondary N) is 2. The van der Waals surface area contributed by atoms with Crippen LogP contribution in [0.15, 0.2) is 47.0 Å². The summed E-state index contributed by atoms with van der Waals surface area (Å²) in [5, 5.41) is 8.61. The highest BCUT2D eigenvalue weighted by Crippen LogP contribution is 2.25. The van der Waals surface area contributed by atoms with E-state index in [1.807, 2.05) is 46.4 Å². The molecule has 8 nitrogen and oxygen atoms in total. The van der Waals surface area contributed by atoms with E-state index in [1.165, 1.54) is 0 Å². The Bertz CT molecular complexity index is 988. The molecule has 4 rings (SSSR count). The standard InChI is InChI=1S/C19H22N6O2S.HI/c1-20-18(21-10-14-11-24-6-7-28-19(24)23-14)22-13-8-17(26)25(12-13)15-4-3-5-16(9-15)27-2;/h3-7,9,11,13H,8,10,12H2,1-2H3,(H2,20,21,22);1H. The first-order valence-electron chi connectivity index (χ1n) is 8.99. The maximum absolute atomic E-state index is 12.5. The Morgan fingerprint density at radius 3 is 3.07 bits per heavy atom. The van der Waals surface area contributed by atoms with Gasteiger partial charge in [0.15, 0.2) is 10.9 Å². The predicted molar refractivity (Wildman–Crippen MR) is 126 cm³/mol. The number of nitrogens with zero attached hydrogens (tertiary/aromatic N) is 4. The third-order valence-corrected chi connectivity index (χ3v) is 5.41. The second-order valence-electron chi connectivity index (χ2n) is 6.50. The molecule has 1 unspecified atom stereocenters. The van der Waals surface area contributed by atoms with Gasteiger partial charge in [0.25, 0.3) is 0 Å². The molecule has 29 heavy (non-hydrogen) atoms. The number of benzene rings is 1.